The van der Waals surface area contributed by atoms with E-state index in [0.29, 0.717) is 41.1 Å². The zero-order chi connectivity index (χ0) is 21.1. The van der Waals surface area contributed by atoms with Crippen LogP contribution in [-0.2, 0) is 11.2 Å². The van der Waals surface area contributed by atoms with Crippen LogP contribution in [0.2, 0.25) is 5.02 Å². The van der Waals surface area contributed by atoms with Gasteiger partial charge in [-0.2, -0.15) is 4.98 Å². The molecule has 154 valence electrons. The Kier molecular flexibility index (Phi) is 5.67. The van der Waals surface area contributed by atoms with Crippen LogP contribution in [0, 0.1) is 5.82 Å². The van der Waals surface area contributed by atoms with Crippen LogP contribution in [-0.4, -0.2) is 46.1 Å². The Bertz CT molecular complexity index is 1170. The molecule has 4 aromatic rings. The molecule has 0 aliphatic carbocycles. The predicted molar refractivity (Wildman–Crippen MR) is 110 cm³/mol. The van der Waals surface area contributed by atoms with Gasteiger partial charge in [-0.25, -0.2) is 4.39 Å². The summed E-state index contributed by atoms with van der Waals surface area (Å²) < 4.78 is 23.6. The SMILES string of the molecule is CN(CCc1noc(-c2cc3cc(Cl)ccc3[nH]2)n1)C(=O)COc1ccc(F)cc1. The Morgan fingerprint density at radius 2 is 2.03 bits per heavy atom. The van der Waals surface area contributed by atoms with Crippen molar-refractivity contribution in [2.45, 2.75) is 6.42 Å². The summed E-state index contributed by atoms with van der Waals surface area (Å²) in [5, 5.41) is 5.57. The van der Waals surface area contributed by atoms with E-state index in [1.807, 2.05) is 18.2 Å². The molecule has 0 unspecified atom stereocenters. The zero-order valence-corrected chi connectivity index (χ0v) is 16.8. The quantitative estimate of drug-likeness (QED) is 0.479. The molecule has 0 bridgehead atoms. The molecule has 30 heavy (non-hydrogen) atoms. The van der Waals surface area contributed by atoms with E-state index < -0.39 is 0 Å². The Morgan fingerprint density at radius 3 is 2.83 bits per heavy atom. The molecule has 7 nitrogen and oxygen atoms in total. The second-order valence-corrected chi connectivity index (χ2v) is 7.17. The second-order valence-electron chi connectivity index (χ2n) is 6.74. The van der Waals surface area contributed by atoms with Crippen molar-refractivity contribution in [3.63, 3.8) is 0 Å². The first-order valence-corrected chi connectivity index (χ1v) is 9.59. The van der Waals surface area contributed by atoms with Gasteiger partial charge in [-0.1, -0.05) is 16.8 Å². The minimum absolute atomic E-state index is 0.142. The molecular formula is C21H18ClFN4O3. The van der Waals surface area contributed by atoms with E-state index >= 15 is 0 Å². The topological polar surface area (TPSA) is 84.3 Å². The largest absolute Gasteiger partial charge is 0.484 e. The molecule has 1 amide bonds. The third kappa shape index (κ3) is 4.60. The van der Waals surface area contributed by atoms with Crippen molar-refractivity contribution >= 4 is 28.4 Å². The number of aromatic nitrogens is 3. The standard InChI is InChI=1S/C21H18ClFN4O3/c1-27(20(28)12-29-16-5-3-15(23)4-6-16)9-8-19-25-21(30-26-19)18-11-13-10-14(22)2-7-17(13)24-18/h2-7,10-11,24H,8-9,12H2,1H3. The van der Waals surface area contributed by atoms with Gasteiger partial charge in [0.25, 0.3) is 11.8 Å². The number of rotatable bonds is 7. The van der Waals surface area contributed by atoms with Gasteiger partial charge in [0, 0.05) is 35.9 Å². The van der Waals surface area contributed by atoms with Gasteiger partial charge >= 0.3 is 0 Å². The number of carbonyl (C=O) groups is 1. The van der Waals surface area contributed by atoms with Gasteiger partial charge in [-0.15, -0.1) is 0 Å². The number of nitrogens with zero attached hydrogens (tertiary/aromatic N) is 3. The maximum atomic E-state index is 12.9. The van der Waals surface area contributed by atoms with Crippen LogP contribution in [0.4, 0.5) is 4.39 Å². The summed E-state index contributed by atoms with van der Waals surface area (Å²) in [7, 11) is 1.67. The van der Waals surface area contributed by atoms with E-state index in [4.69, 9.17) is 20.9 Å². The van der Waals surface area contributed by atoms with Crippen LogP contribution in [0.3, 0.4) is 0 Å². The maximum Gasteiger partial charge on any atom is 0.274 e. The van der Waals surface area contributed by atoms with Gasteiger partial charge in [0.05, 0.1) is 0 Å². The number of fused-ring (bicyclic) bond motifs is 1. The summed E-state index contributed by atoms with van der Waals surface area (Å²) in [5.74, 6) is 0.712. The molecule has 9 heteroatoms. The van der Waals surface area contributed by atoms with E-state index in [9.17, 15) is 9.18 Å². The van der Waals surface area contributed by atoms with Crippen LogP contribution in [0.1, 0.15) is 5.82 Å². The van der Waals surface area contributed by atoms with Gasteiger partial charge in [0.1, 0.15) is 17.3 Å². The highest BCUT2D eigenvalue weighted by Gasteiger charge is 2.14. The van der Waals surface area contributed by atoms with Gasteiger partial charge in [-0.3, -0.25) is 4.79 Å². The fraction of sp³-hybridized carbons (Fsp3) is 0.190. The number of halogens is 2. The Labute approximate surface area is 176 Å². The van der Waals surface area contributed by atoms with Crippen LogP contribution < -0.4 is 4.74 Å². The summed E-state index contributed by atoms with van der Waals surface area (Å²) in [6, 6.07) is 12.9. The maximum absolute atomic E-state index is 12.9. The third-order valence-electron chi connectivity index (χ3n) is 4.55. The monoisotopic (exact) mass is 428 g/mol. The van der Waals surface area contributed by atoms with Crippen molar-refractivity contribution in [1.29, 1.82) is 0 Å². The predicted octanol–water partition coefficient (Wildman–Crippen LogP) is 4.09. The molecule has 0 radical (unpaired) electrons. The van der Waals surface area contributed by atoms with Crippen molar-refractivity contribution in [3.8, 4) is 17.3 Å². The molecule has 0 aliphatic rings. The van der Waals surface area contributed by atoms with Gasteiger partial charge in [0.2, 0.25) is 0 Å². The molecule has 0 fully saturated rings. The second kappa shape index (κ2) is 8.54. The number of ether oxygens (including phenoxy) is 1. The van der Waals surface area contributed by atoms with Crippen LogP contribution >= 0.6 is 11.6 Å². The molecule has 2 aromatic carbocycles. The molecule has 4 rings (SSSR count). The number of benzene rings is 2. The number of nitrogens with one attached hydrogen (secondary N) is 1. The molecule has 1 N–H and O–H groups in total. The summed E-state index contributed by atoms with van der Waals surface area (Å²) in [6.07, 6.45) is 0.425. The highest BCUT2D eigenvalue weighted by molar-refractivity contribution is 6.31. The number of hydrogen-bond donors (Lipinski definition) is 1. The lowest BCUT2D eigenvalue weighted by Gasteiger charge is -2.16. The first-order chi connectivity index (χ1) is 14.5. The molecule has 0 saturated heterocycles. The van der Waals surface area contributed by atoms with Crippen LogP contribution in [0.15, 0.2) is 53.1 Å². The minimum atomic E-state index is -0.360. The van der Waals surface area contributed by atoms with Crippen molar-refractivity contribution in [2.75, 3.05) is 20.2 Å². The van der Waals surface area contributed by atoms with Crippen LogP contribution in [0.5, 0.6) is 5.75 Å². The smallest absolute Gasteiger partial charge is 0.274 e. The lowest BCUT2D eigenvalue weighted by atomic mass is 10.2. The van der Waals surface area contributed by atoms with E-state index in [1.165, 1.54) is 29.2 Å². The average Bonchev–Trinajstić information content (AvgIpc) is 3.37. The number of H-pyrrole nitrogens is 1. The number of amides is 1. The minimum Gasteiger partial charge on any atom is -0.484 e. The fourth-order valence-corrected chi connectivity index (χ4v) is 3.04. The molecular weight excluding hydrogens is 411 g/mol. The summed E-state index contributed by atoms with van der Waals surface area (Å²) in [4.78, 5) is 21.3. The van der Waals surface area contributed by atoms with Crippen molar-refractivity contribution in [1.82, 2.24) is 20.0 Å². The molecule has 0 atom stereocenters. The van der Waals surface area contributed by atoms with E-state index in [2.05, 4.69) is 15.1 Å². The number of likely N-dealkylation sites (N-methyl/N-ethyl adjacent to an activating group) is 1. The number of aromatic amines is 1. The molecule has 2 heterocycles. The molecule has 0 aliphatic heterocycles. The Morgan fingerprint density at radius 1 is 1.23 bits per heavy atom. The normalized spacial score (nSPS) is 11.0. The lowest BCUT2D eigenvalue weighted by Crippen LogP contribution is -2.33. The van der Waals surface area contributed by atoms with Gasteiger partial charge < -0.3 is 19.1 Å². The van der Waals surface area contributed by atoms with Crippen LogP contribution in [0.25, 0.3) is 22.5 Å². The molecule has 0 saturated carbocycles. The summed E-state index contributed by atoms with van der Waals surface area (Å²) >= 11 is 6.02. The average molecular weight is 429 g/mol. The van der Waals surface area contributed by atoms with E-state index in [-0.39, 0.29) is 18.3 Å². The highest BCUT2D eigenvalue weighted by atomic mass is 35.5. The number of carbonyl (C=O) groups excluding carboxylic acids is 1. The summed E-state index contributed by atoms with van der Waals surface area (Å²) in [5.41, 5.74) is 1.61. The molecule has 2 aromatic heterocycles. The lowest BCUT2D eigenvalue weighted by molar-refractivity contribution is -0.132. The Balaban J connectivity index is 1.31. The van der Waals surface area contributed by atoms with E-state index in [0.717, 1.165) is 10.9 Å². The first kappa shape index (κ1) is 19.9. The van der Waals surface area contributed by atoms with Crippen molar-refractivity contribution < 1.29 is 18.4 Å². The fourth-order valence-electron chi connectivity index (χ4n) is 2.86. The van der Waals surface area contributed by atoms with Crippen molar-refractivity contribution in [3.05, 3.63) is 65.2 Å². The zero-order valence-electron chi connectivity index (χ0n) is 16.1. The Hall–Kier alpha value is -3.39. The van der Waals surface area contributed by atoms with Crippen molar-refractivity contribution in [2.24, 2.45) is 0 Å². The highest BCUT2D eigenvalue weighted by Crippen LogP contribution is 2.25. The van der Waals surface area contributed by atoms with Gasteiger partial charge in [0.15, 0.2) is 12.4 Å². The number of hydrogen-bond acceptors (Lipinski definition) is 5. The van der Waals surface area contributed by atoms with E-state index in [1.54, 1.807) is 13.1 Å². The van der Waals surface area contributed by atoms with Gasteiger partial charge in [-0.05, 0) is 48.5 Å². The summed E-state index contributed by atoms with van der Waals surface area (Å²) in [6.45, 7) is 0.254. The third-order valence-corrected chi connectivity index (χ3v) is 4.79. The molecule has 0 spiro atoms. The first-order valence-electron chi connectivity index (χ1n) is 9.21.